The highest BCUT2D eigenvalue weighted by Gasteiger charge is 2.35. The van der Waals surface area contributed by atoms with Crippen LogP contribution in [0.2, 0.25) is 0 Å². The molecule has 1 amide bonds. The summed E-state index contributed by atoms with van der Waals surface area (Å²) in [6.45, 7) is 3.12. The highest BCUT2D eigenvalue weighted by atomic mass is 32.2. The predicted octanol–water partition coefficient (Wildman–Crippen LogP) is 5.16. The van der Waals surface area contributed by atoms with Gasteiger partial charge in [0.25, 0.3) is 5.91 Å². The average molecular weight is 487 g/mol. The predicted molar refractivity (Wildman–Crippen MR) is 129 cm³/mol. The lowest BCUT2D eigenvalue weighted by molar-refractivity contribution is 0.0698. The first kappa shape index (κ1) is 21.8. The van der Waals surface area contributed by atoms with Crippen LogP contribution >= 0.6 is 22.7 Å². The molecule has 32 heavy (non-hydrogen) atoms. The maximum absolute atomic E-state index is 13.7. The van der Waals surface area contributed by atoms with Gasteiger partial charge in [-0.3, -0.25) is 4.79 Å². The van der Waals surface area contributed by atoms with E-state index in [0.29, 0.717) is 18.7 Å². The van der Waals surface area contributed by atoms with Crippen molar-refractivity contribution in [1.29, 1.82) is 0 Å². The van der Waals surface area contributed by atoms with Crippen LogP contribution in [0.4, 0.5) is 0 Å². The number of amides is 1. The summed E-state index contributed by atoms with van der Waals surface area (Å²) >= 11 is 3.39. The van der Waals surface area contributed by atoms with Crippen molar-refractivity contribution in [1.82, 2.24) is 9.21 Å². The maximum Gasteiger partial charge on any atom is 0.254 e. The first-order chi connectivity index (χ1) is 15.5. The van der Waals surface area contributed by atoms with E-state index in [2.05, 4.69) is 17.5 Å². The number of rotatable bonds is 4. The topological polar surface area (TPSA) is 57.7 Å². The van der Waals surface area contributed by atoms with Crippen molar-refractivity contribution in [2.24, 2.45) is 0 Å². The van der Waals surface area contributed by atoms with Crippen LogP contribution in [0.3, 0.4) is 0 Å². The Balaban J connectivity index is 1.49. The molecule has 2 aromatic heterocycles. The van der Waals surface area contributed by atoms with Crippen LogP contribution in [0.5, 0.6) is 0 Å². The van der Waals surface area contributed by atoms with Gasteiger partial charge in [-0.2, -0.15) is 4.31 Å². The number of fused-ring (bicyclic) bond motifs is 1. The van der Waals surface area contributed by atoms with Crippen molar-refractivity contribution in [3.63, 3.8) is 0 Å². The van der Waals surface area contributed by atoms with Crippen LogP contribution in [0.25, 0.3) is 0 Å². The molecular formula is C24H26N2O3S3. The fourth-order valence-corrected chi connectivity index (χ4v) is 8.31. The van der Waals surface area contributed by atoms with Gasteiger partial charge in [0.2, 0.25) is 10.0 Å². The Morgan fingerprint density at radius 3 is 2.69 bits per heavy atom. The SMILES string of the molecule is CC1CCCCN1S(=O)(=O)c1cccc(C(=O)N2CCc3sccc3C2c2cccs2)c1. The van der Waals surface area contributed by atoms with Crippen molar-refractivity contribution in [3.8, 4) is 0 Å². The zero-order valence-corrected chi connectivity index (χ0v) is 20.4. The molecule has 0 saturated carbocycles. The molecule has 1 saturated heterocycles. The van der Waals surface area contributed by atoms with Gasteiger partial charge in [0, 0.05) is 34.4 Å². The molecule has 2 aliphatic rings. The van der Waals surface area contributed by atoms with Gasteiger partial charge in [-0.15, -0.1) is 22.7 Å². The van der Waals surface area contributed by atoms with Crippen molar-refractivity contribution in [2.45, 2.75) is 49.6 Å². The molecule has 0 N–H and O–H groups in total. The second kappa shape index (κ2) is 8.74. The summed E-state index contributed by atoms with van der Waals surface area (Å²) < 4.78 is 28.3. The van der Waals surface area contributed by atoms with Gasteiger partial charge in [-0.25, -0.2) is 8.42 Å². The number of piperidine rings is 1. The van der Waals surface area contributed by atoms with E-state index in [9.17, 15) is 13.2 Å². The van der Waals surface area contributed by atoms with Crippen LogP contribution < -0.4 is 0 Å². The third-order valence-corrected chi connectivity index (χ3v) is 10.4. The molecule has 8 heteroatoms. The van der Waals surface area contributed by atoms with Gasteiger partial charge in [0.1, 0.15) is 0 Å². The van der Waals surface area contributed by atoms with Crippen LogP contribution in [-0.4, -0.2) is 42.7 Å². The van der Waals surface area contributed by atoms with E-state index >= 15 is 0 Å². The Morgan fingerprint density at radius 1 is 1.03 bits per heavy atom. The fourth-order valence-electron chi connectivity index (χ4n) is 4.81. The van der Waals surface area contributed by atoms with Crippen molar-refractivity contribution in [2.75, 3.05) is 13.1 Å². The Hall–Kier alpha value is -2.00. The quantitative estimate of drug-likeness (QED) is 0.512. The summed E-state index contributed by atoms with van der Waals surface area (Å²) in [5.74, 6) is -0.121. The van der Waals surface area contributed by atoms with Gasteiger partial charge >= 0.3 is 0 Å². The Labute approximate surface area is 197 Å². The maximum atomic E-state index is 13.7. The van der Waals surface area contributed by atoms with Crippen LogP contribution in [0.1, 0.15) is 57.9 Å². The molecule has 0 aliphatic carbocycles. The van der Waals surface area contributed by atoms with E-state index in [1.54, 1.807) is 51.2 Å². The molecular weight excluding hydrogens is 460 g/mol. The standard InChI is InChI=1S/C24H26N2O3S3/c1-17-6-2-3-12-26(17)32(28,29)19-8-4-7-18(16-19)24(27)25-13-10-21-20(11-15-31-21)23(25)22-9-5-14-30-22/h4-5,7-9,11,14-17,23H,2-3,6,10,12-13H2,1H3. The number of nitrogens with zero attached hydrogens (tertiary/aromatic N) is 2. The van der Waals surface area contributed by atoms with E-state index in [4.69, 9.17) is 0 Å². The van der Waals surface area contributed by atoms with Crippen molar-refractivity contribution in [3.05, 3.63) is 74.1 Å². The molecule has 3 aromatic rings. The average Bonchev–Trinajstić information content (AvgIpc) is 3.50. The number of hydrogen-bond donors (Lipinski definition) is 0. The third kappa shape index (κ3) is 3.83. The molecule has 168 valence electrons. The number of hydrogen-bond acceptors (Lipinski definition) is 5. The van der Waals surface area contributed by atoms with E-state index in [1.807, 2.05) is 23.3 Å². The minimum atomic E-state index is -3.63. The van der Waals surface area contributed by atoms with Gasteiger partial charge in [0.05, 0.1) is 10.9 Å². The van der Waals surface area contributed by atoms with Gasteiger partial charge < -0.3 is 4.90 Å². The molecule has 1 aromatic carbocycles. The van der Waals surface area contributed by atoms with E-state index in [1.165, 1.54) is 10.4 Å². The van der Waals surface area contributed by atoms with E-state index in [-0.39, 0.29) is 22.9 Å². The Bertz CT molecular complexity index is 1220. The summed E-state index contributed by atoms with van der Waals surface area (Å²) in [5, 5.41) is 4.12. The van der Waals surface area contributed by atoms with Crippen molar-refractivity contribution >= 4 is 38.6 Å². The molecule has 0 spiro atoms. The normalized spacial score (nSPS) is 22.0. The van der Waals surface area contributed by atoms with E-state index < -0.39 is 10.0 Å². The van der Waals surface area contributed by atoms with Gasteiger partial charge in [-0.05, 0) is 72.8 Å². The zero-order chi connectivity index (χ0) is 22.3. The van der Waals surface area contributed by atoms with Crippen LogP contribution in [-0.2, 0) is 16.4 Å². The highest BCUT2D eigenvalue weighted by molar-refractivity contribution is 7.89. The molecule has 2 aliphatic heterocycles. The smallest absolute Gasteiger partial charge is 0.254 e. The van der Waals surface area contributed by atoms with E-state index in [0.717, 1.165) is 30.6 Å². The molecule has 0 bridgehead atoms. The molecule has 0 radical (unpaired) electrons. The second-order valence-corrected chi connectivity index (χ2v) is 12.3. The highest BCUT2D eigenvalue weighted by Crippen LogP contribution is 2.40. The van der Waals surface area contributed by atoms with Gasteiger partial charge in [-0.1, -0.05) is 18.6 Å². The van der Waals surface area contributed by atoms with Crippen molar-refractivity contribution < 1.29 is 13.2 Å². The first-order valence-electron chi connectivity index (χ1n) is 11.0. The molecule has 2 unspecified atom stereocenters. The molecule has 1 fully saturated rings. The minimum absolute atomic E-state index is 0.0181. The second-order valence-electron chi connectivity index (χ2n) is 8.45. The summed E-state index contributed by atoms with van der Waals surface area (Å²) in [4.78, 5) is 18.2. The lowest BCUT2D eigenvalue weighted by atomic mass is 9.97. The minimum Gasteiger partial charge on any atom is -0.326 e. The number of benzene rings is 1. The third-order valence-electron chi connectivity index (χ3n) is 6.47. The number of sulfonamides is 1. The summed E-state index contributed by atoms with van der Waals surface area (Å²) in [7, 11) is -3.63. The molecule has 5 rings (SSSR count). The Kier molecular flexibility index (Phi) is 5.96. The zero-order valence-electron chi connectivity index (χ0n) is 17.9. The monoisotopic (exact) mass is 486 g/mol. The lowest BCUT2D eigenvalue weighted by Gasteiger charge is -2.36. The van der Waals surface area contributed by atoms with Gasteiger partial charge in [0.15, 0.2) is 0 Å². The Morgan fingerprint density at radius 2 is 1.91 bits per heavy atom. The number of carbonyl (C=O) groups is 1. The van der Waals surface area contributed by atoms with Crippen LogP contribution in [0, 0.1) is 0 Å². The van der Waals surface area contributed by atoms with Crippen LogP contribution in [0.15, 0.2) is 58.1 Å². The summed E-state index contributed by atoms with van der Waals surface area (Å²) in [6.07, 6.45) is 3.62. The summed E-state index contributed by atoms with van der Waals surface area (Å²) in [6, 6.07) is 12.6. The fraction of sp³-hybridized carbons (Fsp3) is 0.375. The molecule has 2 atom stereocenters. The number of carbonyl (C=O) groups excluding carboxylic acids is 1. The first-order valence-corrected chi connectivity index (χ1v) is 14.2. The molecule has 5 nitrogen and oxygen atoms in total. The lowest BCUT2D eigenvalue weighted by Crippen LogP contribution is -2.42. The molecule has 4 heterocycles. The number of thiophene rings is 2. The summed E-state index contributed by atoms with van der Waals surface area (Å²) in [5.41, 5.74) is 1.61. The largest absolute Gasteiger partial charge is 0.326 e.